The molecular formula is C14H20BrNO. The number of hydrogen-bond donors (Lipinski definition) is 2. The smallest absolute Gasteiger partial charge is 0.0541 e. The Morgan fingerprint density at radius 2 is 1.65 bits per heavy atom. The molecular weight excluding hydrogens is 278 g/mol. The van der Waals surface area contributed by atoms with E-state index in [1.807, 2.05) is 0 Å². The molecule has 94 valence electrons. The molecule has 1 saturated carbocycles. The van der Waals surface area contributed by atoms with Gasteiger partial charge < -0.3 is 10.4 Å². The van der Waals surface area contributed by atoms with Crippen molar-refractivity contribution < 1.29 is 5.11 Å². The van der Waals surface area contributed by atoms with Crippen LogP contribution in [0, 0.1) is 13.8 Å². The number of aliphatic hydroxyl groups is 1. The highest BCUT2D eigenvalue weighted by atomic mass is 79.9. The lowest BCUT2D eigenvalue weighted by molar-refractivity contribution is 0.126. The summed E-state index contributed by atoms with van der Waals surface area (Å²) in [6.45, 7) is 4.27. The molecule has 1 aliphatic carbocycles. The monoisotopic (exact) mass is 297 g/mol. The van der Waals surface area contributed by atoms with Crippen molar-refractivity contribution in [2.24, 2.45) is 0 Å². The van der Waals surface area contributed by atoms with E-state index in [1.54, 1.807) is 0 Å². The second-order valence-electron chi connectivity index (χ2n) is 5.06. The SMILES string of the molecule is Cc1cc(Br)cc(C)c1NC1CCC(O)CC1. The fourth-order valence-corrected chi connectivity index (χ4v) is 3.25. The van der Waals surface area contributed by atoms with Crippen LogP contribution >= 0.6 is 15.9 Å². The molecule has 0 atom stereocenters. The molecule has 0 bridgehead atoms. The molecule has 3 heteroatoms. The van der Waals surface area contributed by atoms with Crippen molar-refractivity contribution in [3.05, 3.63) is 27.7 Å². The van der Waals surface area contributed by atoms with E-state index in [0.717, 1.165) is 30.2 Å². The van der Waals surface area contributed by atoms with Crippen LogP contribution in [0.15, 0.2) is 16.6 Å². The number of rotatable bonds is 2. The summed E-state index contributed by atoms with van der Waals surface area (Å²) in [5.74, 6) is 0. The van der Waals surface area contributed by atoms with E-state index in [-0.39, 0.29) is 6.10 Å². The summed E-state index contributed by atoms with van der Waals surface area (Å²) < 4.78 is 1.14. The molecule has 0 unspecified atom stereocenters. The minimum absolute atomic E-state index is 0.0832. The van der Waals surface area contributed by atoms with Gasteiger partial charge in [0, 0.05) is 16.2 Å². The molecule has 1 fully saturated rings. The highest BCUT2D eigenvalue weighted by molar-refractivity contribution is 9.10. The highest BCUT2D eigenvalue weighted by Gasteiger charge is 2.20. The van der Waals surface area contributed by atoms with Crippen LogP contribution in [0.3, 0.4) is 0 Å². The molecule has 0 radical (unpaired) electrons. The largest absolute Gasteiger partial charge is 0.393 e. The van der Waals surface area contributed by atoms with E-state index in [2.05, 4.69) is 47.2 Å². The number of halogens is 1. The van der Waals surface area contributed by atoms with Crippen LogP contribution in [0.1, 0.15) is 36.8 Å². The first-order valence-electron chi connectivity index (χ1n) is 6.27. The van der Waals surface area contributed by atoms with Gasteiger partial charge in [-0.3, -0.25) is 0 Å². The third-order valence-corrected chi connectivity index (χ3v) is 4.00. The Labute approximate surface area is 112 Å². The van der Waals surface area contributed by atoms with E-state index in [4.69, 9.17) is 0 Å². The summed E-state index contributed by atoms with van der Waals surface area (Å²) >= 11 is 3.52. The van der Waals surface area contributed by atoms with Gasteiger partial charge in [0.2, 0.25) is 0 Å². The van der Waals surface area contributed by atoms with Gasteiger partial charge >= 0.3 is 0 Å². The van der Waals surface area contributed by atoms with Crippen molar-refractivity contribution in [1.29, 1.82) is 0 Å². The van der Waals surface area contributed by atoms with Gasteiger partial charge in [-0.15, -0.1) is 0 Å². The predicted molar refractivity (Wildman–Crippen MR) is 75.5 cm³/mol. The van der Waals surface area contributed by atoms with Crippen LogP contribution in [-0.2, 0) is 0 Å². The van der Waals surface area contributed by atoms with Crippen LogP contribution in [0.5, 0.6) is 0 Å². The number of nitrogens with one attached hydrogen (secondary N) is 1. The number of aliphatic hydroxyl groups excluding tert-OH is 1. The molecule has 0 amide bonds. The molecule has 0 aliphatic heterocycles. The third-order valence-electron chi connectivity index (χ3n) is 3.54. The second-order valence-corrected chi connectivity index (χ2v) is 5.98. The lowest BCUT2D eigenvalue weighted by atomic mass is 9.92. The Bertz CT molecular complexity index is 374. The maximum atomic E-state index is 9.50. The van der Waals surface area contributed by atoms with Crippen molar-refractivity contribution in [3.8, 4) is 0 Å². The van der Waals surface area contributed by atoms with Crippen LogP contribution in [0.4, 0.5) is 5.69 Å². The average Bonchev–Trinajstić information content (AvgIpc) is 2.26. The zero-order chi connectivity index (χ0) is 12.4. The van der Waals surface area contributed by atoms with E-state index in [0.29, 0.717) is 6.04 Å². The third kappa shape index (κ3) is 3.23. The minimum Gasteiger partial charge on any atom is -0.393 e. The lowest BCUT2D eigenvalue weighted by Gasteiger charge is -2.28. The van der Waals surface area contributed by atoms with Crippen molar-refractivity contribution in [3.63, 3.8) is 0 Å². The fraction of sp³-hybridized carbons (Fsp3) is 0.571. The maximum absolute atomic E-state index is 9.50. The van der Waals surface area contributed by atoms with Crippen molar-refractivity contribution in [2.75, 3.05) is 5.32 Å². The van der Waals surface area contributed by atoms with E-state index >= 15 is 0 Å². The molecule has 2 N–H and O–H groups in total. The molecule has 2 rings (SSSR count). The minimum atomic E-state index is -0.0832. The highest BCUT2D eigenvalue weighted by Crippen LogP contribution is 2.28. The normalized spacial score (nSPS) is 24.7. The number of benzene rings is 1. The molecule has 2 nitrogen and oxygen atoms in total. The van der Waals surface area contributed by atoms with Gasteiger partial charge in [-0.05, 0) is 62.8 Å². The molecule has 0 spiro atoms. The van der Waals surface area contributed by atoms with Gasteiger partial charge in [0.1, 0.15) is 0 Å². The first-order valence-corrected chi connectivity index (χ1v) is 7.07. The molecule has 17 heavy (non-hydrogen) atoms. The molecule has 0 saturated heterocycles. The quantitative estimate of drug-likeness (QED) is 0.871. The van der Waals surface area contributed by atoms with E-state index in [1.165, 1.54) is 16.8 Å². The van der Waals surface area contributed by atoms with E-state index < -0.39 is 0 Å². The van der Waals surface area contributed by atoms with Gasteiger partial charge in [0.15, 0.2) is 0 Å². The second kappa shape index (κ2) is 5.40. The van der Waals surface area contributed by atoms with Crippen molar-refractivity contribution in [2.45, 2.75) is 51.7 Å². The Kier molecular flexibility index (Phi) is 4.10. The Morgan fingerprint density at radius 3 is 2.18 bits per heavy atom. The summed E-state index contributed by atoms with van der Waals surface area (Å²) in [6, 6.07) is 4.80. The summed E-state index contributed by atoms with van der Waals surface area (Å²) in [6.07, 6.45) is 3.89. The molecule has 1 aliphatic rings. The first kappa shape index (κ1) is 12.9. The maximum Gasteiger partial charge on any atom is 0.0541 e. The predicted octanol–water partition coefficient (Wildman–Crippen LogP) is 3.78. The topological polar surface area (TPSA) is 32.3 Å². The van der Waals surface area contributed by atoms with Crippen LogP contribution < -0.4 is 5.32 Å². The molecule has 1 aromatic carbocycles. The zero-order valence-electron chi connectivity index (χ0n) is 10.5. The van der Waals surface area contributed by atoms with Gasteiger partial charge in [0.25, 0.3) is 0 Å². The fourth-order valence-electron chi connectivity index (χ4n) is 2.56. The van der Waals surface area contributed by atoms with Crippen LogP contribution in [0.25, 0.3) is 0 Å². The Balaban J connectivity index is 2.08. The number of hydrogen-bond acceptors (Lipinski definition) is 2. The van der Waals surface area contributed by atoms with Crippen molar-refractivity contribution in [1.82, 2.24) is 0 Å². The van der Waals surface area contributed by atoms with Gasteiger partial charge in [-0.1, -0.05) is 15.9 Å². The summed E-state index contributed by atoms with van der Waals surface area (Å²) in [5, 5.41) is 13.1. The van der Waals surface area contributed by atoms with Crippen molar-refractivity contribution >= 4 is 21.6 Å². The molecule has 1 aromatic rings. The Hall–Kier alpha value is -0.540. The summed E-state index contributed by atoms with van der Waals surface area (Å²) in [4.78, 5) is 0. The van der Waals surface area contributed by atoms with E-state index in [9.17, 15) is 5.11 Å². The number of aryl methyl sites for hydroxylation is 2. The van der Waals surface area contributed by atoms with Crippen LogP contribution in [-0.4, -0.2) is 17.3 Å². The van der Waals surface area contributed by atoms with Gasteiger partial charge in [0.05, 0.1) is 6.10 Å². The standard InChI is InChI=1S/C14H20BrNO/c1-9-7-11(15)8-10(2)14(9)16-12-3-5-13(17)6-4-12/h7-8,12-13,16-17H,3-6H2,1-2H3. The lowest BCUT2D eigenvalue weighted by Crippen LogP contribution is -2.28. The zero-order valence-corrected chi connectivity index (χ0v) is 12.0. The molecule has 0 aromatic heterocycles. The first-order chi connectivity index (χ1) is 8.06. The Morgan fingerprint density at radius 1 is 1.12 bits per heavy atom. The number of anilines is 1. The van der Waals surface area contributed by atoms with Gasteiger partial charge in [-0.25, -0.2) is 0 Å². The summed E-state index contributed by atoms with van der Waals surface area (Å²) in [5.41, 5.74) is 3.82. The average molecular weight is 298 g/mol. The summed E-state index contributed by atoms with van der Waals surface area (Å²) in [7, 11) is 0. The van der Waals surface area contributed by atoms with Gasteiger partial charge in [-0.2, -0.15) is 0 Å². The van der Waals surface area contributed by atoms with Crippen LogP contribution in [0.2, 0.25) is 0 Å². The molecule has 0 heterocycles.